The Hall–Kier alpha value is -1.87. The van der Waals surface area contributed by atoms with Crippen LogP contribution in [-0.4, -0.2) is 11.7 Å². The number of aliphatic hydroxyl groups is 1. The molecule has 0 amide bonds. The van der Waals surface area contributed by atoms with E-state index in [2.05, 4.69) is 11.0 Å². The highest BCUT2D eigenvalue weighted by Gasteiger charge is 2.15. The van der Waals surface area contributed by atoms with Crippen molar-refractivity contribution in [1.82, 2.24) is 0 Å². The maximum Gasteiger partial charge on any atom is 0.123 e. The summed E-state index contributed by atoms with van der Waals surface area (Å²) in [5.74, 6) is -0.329. The van der Waals surface area contributed by atoms with Gasteiger partial charge >= 0.3 is 0 Å². The minimum Gasteiger partial charge on any atom is -0.389 e. The lowest BCUT2D eigenvalue weighted by Gasteiger charge is -2.27. The molecular weight excluding hydrogens is 253 g/mol. The molecule has 20 heavy (non-hydrogen) atoms. The van der Waals surface area contributed by atoms with Crippen molar-refractivity contribution in [3.63, 3.8) is 0 Å². The van der Waals surface area contributed by atoms with Crippen LogP contribution in [0.3, 0.4) is 0 Å². The molecule has 0 aliphatic heterocycles. The van der Waals surface area contributed by atoms with Crippen LogP contribution in [0.2, 0.25) is 0 Å². The fraction of sp³-hybridized carbons (Fsp3) is 0.294. The van der Waals surface area contributed by atoms with Gasteiger partial charge in [-0.1, -0.05) is 12.1 Å². The Morgan fingerprint density at radius 2 is 1.95 bits per heavy atom. The molecule has 2 aromatic rings. The SMILES string of the molecule is CCN(c1cccc(C)c1)c1ccc(F)cc1C(C)O. The maximum absolute atomic E-state index is 13.4. The summed E-state index contributed by atoms with van der Waals surface area (Å²) in [5, 5.41) is 9.88. The summed E-state index contributed by atoms with van der Waals surface area (Å²) in [5.41, 5.74) is 3.66. The van der Waals surface area contributed by atoms with Crippen LogP contribution in [0.5, 0.6) is 0 Å². The van der Waals surface area contributed by atoms with Crippen molar-refractivity contribution in [3.8, 4) is 0 Å². The van der Waals surface area contributed by atoms with Crippen LogP contribution in [0.4, 0.5) is 15.8 Å². The first-order valence-electron chi connectivity index (χ1n) is 6.84. The average Bonchev–Trinajstić information content (AvgIpc) is 2.41. The summed E-state index contributed by atoms with van der Waals surface area (Å²) in [6.07, 6.45) is -0.709. The first-order chi connectivity index (χ1) is 9.52. The fourth-order valence-corrected chi connectivity index (χ4v) is 2.39. The molecule has 0 saturated heterocycles. The van der Waals surface area contributed by atoms with E-state index >= 15 is 0 Å². The molecule has 3 heteroatoms. The number of halogens is 1. The molecule has 106 valence electrons. The summed E-state index contributed by atoms with van der Waals surface area (Å²) in [6.45, 7) is 6.48. The van der Waals surface area contributed by atoms with Crippen LogP contribution < -0.4 is 4.90 Å². The predicted molar refractivity (Wildman–Crippen MR) is 80.9 cm³/mol. The number of hydrogen-bond donors (Lipinski definition) is 1. The van der Waals surface area contributed by atoms with Gasteiger partial charge in [-0.05, 0) is 56.7 Å². The number of anilines is 2. The van der Waals surface area contributed by atoms with Crippen molar-refractivity contribution in [3.05, 3.63) is 59.4 Å². The molecule has 0 radical (unpaired) electrons. The first kappa shape index (κ1) is 14.5. The minimum atomic E-state index is -0.709. The average molecular weight is 273 g/mol. The van der Waals surface area contributed by atoms with Gasteiger partial charge in [0.2, 0.25) is 0 Å². The zero-order valence-electron chi connectivity index (χ0n) is 12.1. The van der Waals surface area contributed by atoms with E-state index in [1.54, 1.807) is 13.0 Å². The van der Waals surface area contributed by atoms with Gasteiger partial charge in [-0.2, -0.15) is 0 Å². The highest BCUT2D eigenvalue weighted by Crippen LogP contribution is 2.32. The highest BCUT2D eigenvalue weighted by atomic mass is 19.1. The zero-order chi connectivity index (χ0) is 14.7. The number of nitrogens with zero attached hydrogens (tertiary/aromatic N) is 1. The van der Waals surface area contributed by atoms with Gasteiger partial charge in [0.1, 0.15) is 5.82 Å². The number of rotatable bonds is 4. The Morgan fingerprint density at radius 3 is 2.55 bits per heavy atom. The second-order valence-corrected chi connectivity index (χ2v) is 4.96. The van der Waals surface area contributed by atoms with Gasteiger partial charge in [-0.3, -0.25) is 0 Å². The third-order valence-electron chi connectivity index (χ3n) is 3.36. The lowest BCUT2D eigenvalue weighted by molar-refractivity contribution is 0.199. The summed E-state index contributed by atoms with van der Waals surface area (Å²) in [4.78, 5) is 2.08. The van der Waals surface area contributed by atoms with E-state index in [1.807, 2.05) is 32.0 Å². The van der Waals surface area contributed by atoms with Crippen LogP contribution in [0.15, 0.2) is 42.5 Å². The smallest absolute Gasteiger partial charge is 0.123 e. The predicted octanol–water partition coefficient (Wildman–Crippen LogP) is 4.35. The normalized spacial score (nSPS) is 12.2. The Kier molecular flexibility index (Phi) is 4.40. The topological polar surface area (TPSA) is 23.5 Å². The summed E-state index contributed by atoms with van der Waals surface area (Å²) in [6, 6.07) is 12.7. The molecule has 0 spiro atoms. The molecule has 0 aliphatic carbocycles. The van der Waals surface area contributed by atoms with Crippen molar-refractivity contribution < 1.29 is 9.50 Å². The molecule has 0 bridgehead atoms. The van der Waals surface area contributed by atoms with Crippen molar-refractivity contribution in [2.24, 2.45) is 0 Å². The zero-order valence-corrected chi connectivity index (χ0v) is 12.1. The second-order valence-electron chi connectivity index (χ2n) is 4.96. The molecule has 1 N–H and O–H groups in total. The fourth-order valence-electron chi connectivity index (χ4n) is 2.39. The number of aryl methyl sites for hydroxylation is 1. The molecular formula is C17H20FNO. The van der Waals surface area contributed by atoms with Crippen LogP contribution in [0, 0.1) is 12.7 Å². The lowest BCUT2D eigenvalue weighted by atomic mass is 10.1. The largest absolute Gasteiger partial charge is 0.389 e. The molecule has 1 unspecified atom stereocenters. The van der Waals surface area contributed by atoms with Gasteiger partial charge in [-0.15, -0.1) is 0 Å². The van der Waals surface area contributed by atoms with E-state index in [0.717, 1.165) is 17.9 Å². The van der Waals surface area contributed by atoms with E-state index in [0.29, 0.717) is 5.56 Å². The van der Waals surface area contributed by atoms with Crippen LogP contribution in [0.1, 0.15) is 31.1 Å². The van der Waals surface area contributed by atoms with Crippen LogP contribution in [0.25, 0.3) is 0 Å². The Bertz CT molecular complexity index is 595. The standard InChI is InChI=1S/C17H20FNO/c1-4-19(15-7-5-6-12(2)10-15)17-9-8-14(18)11-16(17)13(3)20/h5-11,13,20H,4H2,1-3H3. The Labute approximate surface area is 119 Å². The second kappa shape index (κ2) is 6.06. The minimum absolute atomic E-state index is 0.329. The van der Waals surface area contributed by atoms with E-state index < -0.39 is 6.10 Å². The first-order valence-corrected chi connectivity index (χ1v) is 6.84. The third-order valence-corrected chi connectivity index (χ3v) is 3.36. The molecule has 1 atom stereocenters. The quantitative estimate of drug-likeness (QED) is 0.895. The summed E-state index contributed by atoms with van der Waals surface area (Å²) < 4.78 is 13.4. The van der Waals surface area contributed by atoms with Crippen molar-refractivity contribution in [2.45, 2.75) is 26.9 Å². The van der Waals surface area contributed by atoms with E-state index in [9.17, 15) is 9.50 Å². The summed E-state index contributed by atoms with van der Waals surface area (Å²) >= 11 is 0. The van der Waals surface area contributed by atoms with Gasteiger partial charge in [0.15, 0.2) is 0 Å². The lowest BCUT2D eigenvalue weighted by Crippen LogP contribution is -2.18. The van der Waals surface area contributed by atoms with E-state index in [4.69, 9.17) is 0 Å². The monoisotopic (exact) mass is 273 g/mol. The highest BCUT2D eigenvalue weighted by molar-refractivity contribution is 5.67. The molecule has 0 aromatic heterocycles. The van der Waals surface area contributed by atoms with Gasteiger partial charge in [0.25, 0.3) is 0 Å². The van der Waals surface area contributed by atoms with Crippen LogP contribution >= 0.6 is 0 Å². The maximum atomic E-state index is 13.4. The number of hydrogen-bond acceptors (Lipinski definition) is 2. The van der Waals surface area contributed by atoms with Gasteiger partial charge in [0.05, 0.1) is 6.10 Å². The molecule has 2 aromatic carbocycles. The molecule has 0 aliphatic rings. The third kappa shape index (κ3) is 2.99. The van der Waals surface area contributed by atoms with Crippen LogP contribution in [-0.2, 0) is 0 Å². The van der Waals surface area contributed by atoms with Gasteiger partial charge in [0, 0.05) is 23.5 Å². The number of benzene rings is 2. The van der Waals surface area contributed by atoms with Gasteiger partial charge < -0.3 is 10.0 Å². The van der Waals surface area contributed by atoms with Crippen molar-refractivity contribution in [2.75, 3.05) is 11.4 Å². The molecule has 0 saturated carbocycles. The van der Waals surface area contributed by atoms with Crippen molar-refractivity contribution in [1.29, 1.82) is 0 Å². The molecule has 0 fully saturated rings. The van der Waals surface area contributed by atoms with Gasteiger partial charge in [-0.25, -0.2) is 4.39 Å². The molecule has 2 rings (SSSR count). The Morgan fingerprint density at radius 1 is 1.20 bits per heavy atom. The Balaban J connectivity index is 2.52. The van der Waals surface area contributed by atoms with Crippen molar-refractivity contribution >= 4 is 11.4 Å². The van der Waals surface area contributed by atoms with E-state index in [-0.39, 0.29) is 5.82 Å². The van der Waals surface area contributed by atoms with E-state index in [1.165, 1.54) is 17.7 Å². The molecule has 2 nitrogen and oxygen atoms in total. The molecule has 0 heterocycles. The number of aliphatic hydroxyl groups excluding tert-OH is 1. The summed E-state index contributed by atoms with van der Waals surface area (Å²) in [7, 11) is 0.